The second-order valence-corrected chi connectivity index (χ2v) is 4.39. The maximum absolute atomic E-state index is 11.1. The molecule has 0 aromatic heterocycles. The Morgan fingerprint density at radius 1 is 1.33 bits per heavy atom. The summed E-state index contributed by atoms with van der Waals surface area (Å²) < 4.78 is 16.2. The van der Waals surface area contributed by atoms with E-state index in [4.69, 9.17) is 16.1 Å². The molecule has 0 aromatic carbocycles. The zero-order valence-corrected chi connectivity index (χ0v) is 9.24. The van der Waals surface area contributed by atoms with Gasteiger partial charge in [-0.05, 0) is 23.8 Å². The fraction of sp³-hybridized carbons (Fsp3) is 1.00. The van der Waals surface area contributed by atoms with Gasteiger partial charge in [-0.15, -0.1) is 16.1 Å². The van der Waals surface area contributed by atoms with E-state index in [2.05, 4.69) is 6.92 Å². The molecule has 2 nitrogen and oxygen atoms in total. The predicted molar refractivity (Wildman–Crippen MR) is 53.3 cm³/mol. The molecule has 0 spiro atoms. The normalized spacial score (nSPS) is 11.7. The first-order valence-electron chi connectivity index (χ1n) is 4.44. The lowest BCUT2D eigenvalue weighted by molar-refractivity contribution is 0.320. The molecule has 0 aromatic rings. The maximum Gasteiger partial charge on any atom is 0.508 e. The molecule has 0 saturated heterocycles. The van der Waals surface area contributed by atoms with Gasteiger partial charge < -0.3 is 0 Å². The molecule has 0 rings (SSSR count). The molecule has 1 atom stereocenters. The van der Waals surface area contributed by atoms with E-state index in [9.17, 15) is 4.57 Å². The van der Waals surface area contributed by atoms with Crippen LogP contribution >= 0.6 is 19.6 Å². The lowest BCUT2D eigenvalue weighted by atomic mass is 10.4. The van der Waals surface area contributed by atoms with E-state index >= 15 is 0 Å². The summed E-state index contributed by atoms with van der Waals surface area (Å²) in [5.41, 5.74) is 0. The minimum atomic E-state index is -1.41. The molecule has 12 heavy (non-hydrogen) atoms. The summed E-state index contributed by atoms with van der Waals surface area (Å²) >= 11 is 5.48. The Labute approximate surface area is 80.5 Å². The number of alkyl halides is 1. The summed E-state index contributed by atoms with van der Waals surface area (Å²) in [5.74, 6) is 0.651. The first-order valence-corrected chi connectivity index (χ1v) is 6.34. The van der Waals surface area contributed by atoms with Crippen molar-refractivity contribution in [2.45, 2.75) is 32.6 Å². The third-order valence-corrected chi connectivity index (χ3v) is 2.88. The Balaban J connectivity index is 3.10. The van der Waals surface area contributed by atoms with Gasteiger partial charge in [0.2, 0.25) is 0 Å². The molecule has 0 saturated carbocycles. The van der Waals surface area contributed by atoms with E-state index < -0.39 is 8.03 Å². The number of halogens is 1. The first kappa shape index (κ1) is 12.3. The zero-order valence-electron chi connectivity index (χ0n) is 7.59. The van der Waals surface area contributed by atoms with Crippen molar-refractivity contribution in [2.75, 3.05) is 18.6 Å². The van der Waals surface area contributed by atoms with Gasteiger partial charge in [0, 0.05) is 5.88 Å². The van der Waals surface area contributed by atoms with Crippen molar-refractivity contribution >= 4 is 19.6 Å². The second kappa shape index (κ2) is 9.44. The van der Waals surface area contributed by atoms with Crippen LogP contribution in [0.1, 0.15) is 32.6 Å². The Kier molecular flexibility index (Phi) is 9.71. The van der Waals surface area contributed by atoms with Crippen LogP contribution in [0.4, 0.5) is 0 Å². The number of hydrogen-bond acceptors (Lipinski definition) is 2. The van der Waals surface area contributed by atoms with E-state index in [1.165, 1.54) is 0 Å². The monoisotopic (exact) mass is 211 g/mol. The molecular formula is C8H17ClO2P+. The lowest BCUT2D eigenvalue weighted by Crippen LogP contribution is -1.88. The van der Waals surface area contributed by atoms with Gasteiger partial charge in [-0.3, -0.25) is 0 Å². The average Bonchev–Trinajstić information content (AvgIpc) is 2.06. The van der Waals surface area contributed by atoms with Gasteiger partial charge in [0.15, 0.2) is 6.16 Å². The van der Waals surface area contributed by atoms with Crippen molar-refractivity contribution in [3.05, 3.63) is 0 Å². The molecule has 0 amide bonds. The van der Waals surface area contributed by atoms with Crippen LogP contribution in [0.5, 0.6) is 0 Å². The minimum absolute atomic E-state index is 0.632. The summed E-state index contributed by atoms with van der Waals surface area (Å²) in [7, 11) is -1.41. The molecule has 0 heterocycles. The van der Waals surface area contributed by atoms with Gasteiger partial charge in [-0.25, -0.2) is 0 Å². The molecule has 0 aliphatic rings. The zero-order chi connectivity index (χ0) is 9.23. The standard InChI is InChI=1S/C8H17ClO2P/c1-2-3-7-11-12(10)8-5-4-6-9/h2-8H2,1H3/q+1. The van der Waals surface area contributed by atoms with Crippen molar-refractivity contribution < 1.29 is 9.09 Å². The number of rotatable bonds is 8. The molecule has 72 valence electrons. The second-order valence-electron chi connectivity index (χ2n) is 2.64. The maximum atomic E-state index is 11.1. The molecule has 0 aliphatic heterocycles. The Morgan fingerprint density at radius 3 is 2.67 bits per heavy atom. The highest BCUT2D eigenvalue weighted by Gasteiger charge is 2.15. The van der Waals surface area contributed by atoms with Gasteiger partial charge in [-0.1, -0.05) is 13.3 Å². The molecule has 0 N–H and O–H groups in total. The summed E-state index contributed by atoms with van der Waals surface area (Å²) in [5, 5.41) is 0. The summed E-state index contributed by atoms with van der Waals surface area (Å²) in [4.78, 5) is 0. The summed E-state index contributed by atoms with van der Waals surface area (Å²) in [6.07, 6.45) is 4.58. The highest BCUT2D eigenvalue weighted by molar-refractivity contribution is 7.39. The highest BCUT2D eigenvalue weighted by atomic mass is 35.5. The fourth-order valence-electron chi connectivity index (χ4n) is 0.711. The Morgan fingerprint density at radius 2 is 2.08 bits per heavy atom. The number of hydrogen-bond donors (Lipinski definition) is 0. The van der Waals surface area contributed by atoms with E-state index in [1.807, 2.05) is 0 Å². The predicted octanol–water partition coefficient (Wildman–Crippen LogP) is 3.56. The summed E-state index contributed by atoms with van der Waals surface area (Å²) in [6.45, 7) is 2.72. The molecule has 0 radical (unpaired) electrons. The van der Waals surface area contributed by atoms with E-state index in [-0.39, 0.29) is 0 Å². The van der Waals surface area contributed by atoms with E-state index in [0.717, 1.165) is 25.7 Å². The van der Waals surface area contributed by atoms with Crippen LogP contribution in [-0.4, -0.2) is 18.6 Å². The van der Waals surface area contributed by atoms with Gasteiger partial charge in [0.1, 0.15) is 6.61 Å². The molecule has 0 aliphatic carbocycles. The van der Waals surface area contributed by atoms with Crippen LogP contribution < -0.4 is 0 Å². The van der Waals surface area contributed by atoms with Crippen LogP contribution in [0.15, 0.2) is 0 Å². The largest absolute Gasteiger partial charge is 0.508 e. The van der Waals surface area contributed by atoms with Crippen molar-refractivity contribution in [3.63, 3.8) is 0 Å². The van der Waals surface area contributed by atoms with Crippen LogP contribution in [0.3, 0.4) is 0 Å². The van der Waals surface area contributed by atoms with Crippen LogP contribution in [0.25, 0.3) is 0 Å². The highest BCUT2D eigenvalue weighted by Crippen LogP contribution is 2.23. The smallest absolute Gasteiger partial charge is 0.146 e. The Hall–Kier alpha value is 0.350. The minimum Gasteiger partial charge on any atom is -0.146 e. The van der Waals surface area contributed by atoms with Gasteiger partial charge in [0.25, 0.3) is 0 Å². The quantitative estimate of drug-likeness (QED) is 0.349. The topological polar surface area (TPSA) is 26.3 Å². The third kappa shape index (κ3) is 8.45. The average molecular weight is 212 g/mol. The van der Waals surface area contributed by atoms with Gasteiger partial charge >= 0.3 is 8.03 Å². The van der Waals surface area contributed by atoms with Crippen LogP contribution in [-0.2, 0) is 9.09 Å². The van der Waals surface area contributed by atoms with E-state index in [0.29, 0.717) is 18.6 Å². The van der Waals surface area contributed by atoms with Gasteiger partial charge in [0.05, 0.1) is 0 Å². The van der Waals surface area contributed by atoms with Crippen molar-refractivity contribution in [1.82, 2.24) is 0 Å². The van der Waals surface area contributed by atoms with Crippen LogP contribution in [0.2, 0.25) is 0 Å². The number of unbranched alkanes of at least 4 members (excludes halogenated alkanes) is 2. The van der Waals surface area contributed by atoms with Gasteiger partial charge in [-0.2, -0.15) is 0 Å². The summed E-state index contributed by atoms with van der Waals surface area (Å²) in [6, 6.07) is 0. The molecular weight excluding hydrogens is 195 g/mol. The molecule has 0 fully saturated rings. The SMILES string of the molecule is CCCCO[P+](=O)CCCCCl. The van der Waals surface area contributed by atoms with E-state index in [1.54, 1.807) is 0 Å². The van der Waals surface area contributed by atoms with Crippen molar-refractivity contribution in [3.8, 4) is 0 Å². The molecule has 1 unspecified atom stereocenters. The molecule has 4 heteroatoms. The van der Waals surface area contributed by atoms with Crippen LogP contribution in [0, 0.1) is 0 Å². The van der Waals surface area contributed by atoms with Crippen molar-refractivity contribution in [2.24, 2.45) is 0 Å². The Bertz CT molecular complexity index is 108. The third-order valence-electron chi connectivity index (χ3n) is 1.46. The fourth-order valence-corrected chi connectivity index (χ4v) is 1.84. The first-order chi connectivity index (χ1) is 5.81. The molecule has 0 bridgehead atoms. The van der Waals surface area contributed by atoms with Crippen molar-refractivity contribution in [1.29, 1.82) is 0 Å². The lowest BCUT2D eigenvalue weighted by Gasteiger charge is -1.89.